The molecule has 0 amide bonds. The fourth-order valence-corrected chi connectivity index (χ4v) is 1.45. The first kappa shape index (κ1) is 10.6. The molecule has 14 heavy (non-hydrogen) atoms. The van der Waals surface area contributed by atoms with Gasteiger partial charge in [0.05, 0.1) is 18.5 Å². The van der Waals surface area contributed by atoms with E-state index in [0.717, 1.165) is 6.42 Å². The fourth-order valence-electron chi connectivity index (χ4n) is 1.45. The number of hydrogen-bond acceptors (Lipinski definition) is 2. The van der Waals surface area contributed by atoms with E-state index < -0.39 is 0 Å². The number of hydrogen-bond donors (Lipinski definition) is 1. The minimum absolute atomic E-state index is 0.241. The maximum absolute atomic E-state index is 8.64. The SMILES string of the molecule is CCC(CC#N)Nn1c(C)ccc1C. The molecular formula is C11H17N3. The van der Waals surface area contributed by atoms with Gasteiger partial charge in [-0.25, -0.2) is 0 Å². The van der Waals surface area contributed by atoms with Gasteiger partial charge in [0, 0.05) is 11.4 Å². The van der Waals surface area contributed by atoms with Crippen molar-refractivity contribution in [3.63, 3.8) is 0 Å². The van der Waals surface area contributed by atoms with Crippen LogP contribution in [-0.2, 0) is 0 Å². The molecule has 1 rings (SSSR count). The van der Waals surface area contributed by atoms with Crippen LogP contribution in [0.15, 0.2) is 12.1 Å². The molecule has 76 valence electrons. The summed E-state index contributed by atoms with van der Waals surface area (Å²) in [7, 11) is 0. The molecule has 3 heteroatoms. The number of nitriles is 1. The third-order valence-electron chi connectivity index (χ3n) is 2.41. The Bertz CT molecular complexity index is 313. The molecule has 1 atom stereocenters. The molecule has 0 aliphatic rings. The predicted molar refractivity (Wildman–Crippen MR) is 57.6 cm³/mol. The van der Waals surface area contributed by atoms with E-state index in [1.807, 2.05) is 4.68 Å². The molecule has 0 fully saturated rings. The van der Waals surface area contributed by atoms with Crippen molar-refractivity contribution >= 4 is 0 Å². The maximum Gasteiger partial charge on any atom is 0.0643 e. The van der Waals surface area contributed by atoms with E-state index in [4.69, 9.17) is 5.26 Å². The lowest BCUT2D eigenvalue weighted by Gasteiger charge is -2.19. The lowest BCUT2D eigenvalue weighted by atomic mass is 10.2. The van der Waals surface area contributed by atoms with Crippen LogP contribution in [0, 0.1) is 25.2 Å². The second-order valence-electron chi connectivity index (χ2n) is 3.55. The molecule has 0 saturated heterocycles. The number of aryl methyl sites for hydroxylation is 2. The Kier molecular flexibility index (Phi) is 3.58. The summed E-state index contributed by atoms with van der Waals surface area (Å²) in [4.78, 5) is 0. The van der Waals surface area contributed by atoms with Gasteiger partial charge in [-0.1, -0.05) is 6.92 Å². The van der Waals surface area contributed by atoms with Crippen molar-refractivity contribution in [2.45, 2.75) is 39.7 Å². The maximum atomic E-state index is 8.64. The fraction of sp³-hybridized carbons (Fsp3) is 0.545. The van der Waals surface area contributed by atoms with Crippen LogP contribution >= 0.6 is 0 Å². The highest BCUT2D eigenvalue weighted by molar-refractivity contribution is 5.16. The average Bonchev–Trinajstić information content (AvgIpc) is 2.48. The first-order valence-corrected chi connectivity index (χ1v) is 4.97. The highest BCUT2D eigenvalue weighted by atomic mass is 15.4. The summed E-state index contributed by atoms with van der Waals surface area (Å²) in [5.41, 5.74) is 5.70. The second-order valence-corrected chi connectivity index (χ2v) is 3.55. The van der Waals surface area contributed by atoms with Crippen molar-refractivity contribution in [2.24, 2.45) is 0 Å². The number of nitrogens with one attached hydrogen (secondary N) is 1. The van der Waals surface area contributed by atoms with Crippen LogP contribution in [0.1, 0.15) is 31.2 Å². The summed E-state index contributed by atoms with van der Waals surface area (Å²) < 4.78 is 2.05. The van der Waals surface area contributed by atoms with Crippen LogP contribution in [0.2, 0.25) is 0 Å². The van der Waals surface area contributed by atoms with Gasteiger partial charge >= 0.3 is 0 Å². The lowest BCUT2D eigenvalue weighted by molar-refractivity contribution is 0.615. The Morgan fingerprint density at radius 1 is 1.43 bits per heavy atom. The van der Waals surface area contributed by atoms with Crippen molar-refractivity contribution in [1.29, 1.82) is 5.26 Å². The van der Waals surface area contributed by atoms with Crippen LogP contribution in [0.5, 0.6) is 0 Å². The van der Waals surface area contributed by atoms with Crippen LogP contribution in [-0.4, -0.2) is 10.7 Å². The smallest absolute Gasteiger partial charge is 0.0643 e. The van der Waals surface area contributed by atoms with Gasteiger partial charge in [-0.15, -0.1) is 0 Å². The monoisotopic (exact) mass is 191 g/mol. The standard InChI is InChI=1S/C11H17N3/c1-4-11(7-8-12)13-14-9(2)5-6-10(14)3/h5-6,11,13H,4,7H2,1-3H3. The Hall–Kier alpha value is -1.43. The molecule has 0 saturated carbocycles. The van der Waals surface area contributed by atoms with Crippen molar-refractivity contribution in [1.82, 2.24) is 4.68 Å². The average molecular weight is 191 g/mol. The van der Waals surface area contributed by atoms with Crippen LogP contribution < -0.4 is 5.43 Å². The quantitative estimate of drug-likeness (QED) is 0.793. The largest absolute Gasteiger partial charge is 0.322 e. The minimum Gasteiger partial charge on any atom is -0.322 e. The molecule has 1 aromatic heterocycles. The first-order chi connectivity index (χ1) is 6.69. The van der Waals surface area contributed by atoms with Crippen LogP contribution in [0.25, 0.3) is 0 Å². The predicted octanol–water partition coefficient (Wildman–Crippen LogP) is 2.34. The zero-order valence-electron chi connectivity index (χ0n) is 9.04. The first-order valence-electron chi connectivity index (χ1n) is 4.97. The van der Waals surface area contributed by atoms with E-state index in [-0.39, 0.29) is 6.04 Å². The van der Waals surface area contributed by atoms with E-state index in [0.29, 0.717) is 6.42 Å². The molecule has 1 heterocycles. The molecule has 1 aromatic rings. The third-order valence-corrected chi connectivity index (χ3v) is 2.41. The van der Waals surface area contributed by atoms with E-state index in [2.05, 4.69) is 44.4 Å². The summed E-state index contributed by atoms with van der Waals surface area (Å²) in [5, 5.41) is 8.64. The summed E-state index contributed by atoms with van der Waals surface area (Å²) >= 11 is 0. The number of rotatable bonds is 4. The van der Waals surface area contributed by atoms with Crippen LogP contribution in [0.4, 0.5) is 0 Å². The minimum atomic E-state index is 0.241. The summed E-state index contributed by atoms with van der Waals surface area (Å²) in [6.07, 6.45) is 1.51. The Balaban J connectivity index is 2.72. The molecule has 0 aromatic carbocycles. The van der Waals surface area contributed by atoms with Crippen molar-refractivity contribution in [3.8, 4) is 6.07 Å². The van der Waals surface area contributed by atoms with Gasteiger partial charge in [-0.3, -0.25) is 4.68 Å². The van der Waals surface area contributed by atoms with Crippen molar-refractivity contribution in [3.05, 3.63) is 23.5 Å². The molecule has 1 N–H and O–H groups in total. The van der Waals surface area contributed by atoms with Crippen molar-refractivity contribution in [2.75, 3.05) is 5.43 Å². The highest BCUT2D eigenvalue weighted by Gasteiger charge is 2.07. The third kappa shape index (κ3) is 2.29. The second kappa shape index (κ2) is 4.71. The molecule has 0 spiro atoms. The summed E-state index contributed by atoms with van der Waals surface area (Å²) in [5.74, 6) is 0. The molecule has 0 bridgehead atoms. The Morgan fingerprint density at radius 2 is 2.00 bits per heavy atom. The number of aromatic nitrogens is 1. The van der Waals surface area contributed by atoms with E-state index >= 15 is 0 Å². The van der Waals surface area contributed by atoms with Gasteiger partial charge < -0.3 is 5.43 Å². The van der Waals surface area contributed by atoms with Gasteiger partial charge in [0.15, 0.2) is 0 Å². The number of nitrogens with zero attached hydrogens (tertiary/aromatic N) is 2. The molecule has 0 aliphatic carbocycles. The molecule has 1 unspecified atom stereocenters. The molecule has 0 aliphatic heterocycles. The van der Waals surface area contributed by atoms with E-state index in [1.54, 1.807) is 0 Å². The molecular weight excluding hydrogens is 174 g/mol. The molecule has 3 nitrogen and oxygen atoms in total. The topological polar surface area (TPSA) is 40.8 Å². The molecule has 0 radical (unpaired) electrons. The van der Waals surface area contributed by atoms with Gasteiger partial charge in [0.25, 0.3) is 0 Å². The van der Waals surface area contributed by atoms with E-state index in [9.17, 15) is 0 Å². The zero-order chi connectivity index (χ0) is 10.6. The Morgan fingerprint density at radius 3 is 2.43 bits per heavy atom. The Labute approximate surface area is 85.3 Å². The lowest BCUT2D eigenvalue weighted by Crippen LogP contribution is -2.28. The summed E-state index contributed by atoms with van der Waals surface area (Å²) in [6, 6.07) is 6.58. The van der Waals surface area contributed by atoms with Gasteiger partial charge in [0.1, 0.15) is 0 Å². The van der Waals surface area contributed by atoms with Gasteiger partial charge in [0.2, 0.25) is 0 Å². The van der Waals surface area contributed by atoms with Gasteiger partial charge in [-0.2, -0.15) is 5.26 Å². The highest BCUT2D eigenvalue weighted by Crippen LogP contribution is 2.07. The van der Waals surface area contributed by atoms with E-state index in [1.165, 1.54) is 11.4 Å². The van der Waals surface area contributed by atoms with Crippen LogP contribution in [0.3, 0.4) is 0 Å². The van der Waals surface area contributed by atoms with Gasteiger partial charge in [-0.05, 0) is 32.4 Å². The summed E-state index contributed by atoms with van der Waals surface area (Å²) in [6.45, 7) is 6.20. The normalized spacial score (nSPS) is 12.1. The zero-order valence-corrected chi connectivity index (χ0v) is 9.04. The van der Waals surface area contributed by atoms with Crippen molar-refractivity contribution < 1.29 is 0 Å².